The Bertz CT molecular complexity index is 5160. The number of halogens is 18. The summed E-state index contributed by atoms with van der Waals surface area (Å²) in [6, 6.07) is 0. The molecule has 1 amide bonds. The van der Waals surface area contributed by atoms with Gasteiger partial charge in [0, 0.05) is 176 Å². The van der Waals surface area contributed by atoms with Gasteiger partial charge in [-0.3, -0.25) is 49.5 Å². The lowest BCUT2D eigenvalue weighted by molar-refractivity contribution is -0.605. The number of carbonyl (C=O) groups is 3. The number of pyridine rings is 7. The lowest BCUT2D eigenvalue weighted by Gasteiger charge is -2.05. The second kappa shape index (κ2) is 61.0. The molecule has 11 aromatic rings. The number of oxime groups is 1. The predicted molar refractivity (Wildman–Crippen MR) is 498 cm³/mol. The average Bonchev–Trinajstić information content (AvgIpc) is 1.09. The number of aliphatic hydroxyl groups is 1. The number of nitrogens with two attached hydrogens (primary N) is 1. The lowest BCUT2D eigenvalue weighted by atomic mass is 10.0. The number of carbonyl (C=O) groups excluding carboxylic acids is 7. The summed E-state index contributed by atoms with van der Waals surface area (Å²) in [6.07, 6.45) is 36.0. The molecular formula is C79H78Cl18N14O17S. The fourth-order valence-corrected chi connectivity index (χ4v) is 15.0. The maximum absolute atomic E-state index is 11.3. The van der Waals surface area contributed by atoms with Crippen LogP contribution in [0.15, 0.2) is 110 Å². The zero-order valence-corrected chi connectivity index (χ0v) is 79.1. The Morgan fingerprint density at radius 2 is 0.752 bits per heavy atom. The van der Waals surface area contributed by atoms with Crippen molar-refractivity contribution in [1.29, 1.82) is 0 Å². The van der Waals surface area contributed by atoms with E-state index in [1.54, 1.807) is 12.4 Å². The van der Waals surface area contributed by atoms with Crippen molar-refractivity contribution in [3.63, 3.8) is 0 Å². The Labute approximate surface area is 830 Å². The molecule has 31 nitrogen and oxygen atoms in total. The van der Waals surface area contributed by atoms with Crippen LogP contribution in [0.3, 0.4) is 0 Å². The minimum Gasteiger partial charge on any atom is -0.619 e. The third-order valence-corrected chi connectivity index (χ3v) is 21.7. The fraction of sp³-hybridized carbons (Fsp3) is 0.329. The molecule has 0 aromatic carbocycles. The van der Waals surface area contributed by atoms with Gasteiger partial charge in [0.15, 0.2) is 18.7 Å². The van der Waals surface area contributed by atoms with Crippen molar-refractivity contribution in [3.8, 4) is 45.0 Å². The highest BCUT2D eigenvalue weighted by atomic mass is 36.0. The highest BCUT2D eigenvalue weighted by Crippen LogP contribution is 2.50. The largest absolute Gasteiger partial charge is 0.619 e. The molecule has 0 spiro atoms. The first kappa shape index (κ1) is 118. The van der Waals surface area contributed by atoms with Crippen LogP contribution < -0.4 is 16.1 Å². The molecule has 0 bridgehead atoms. The first-order valence-corrected chi connectivity index (χ1v) is 45.1. The van der Waals surface area contributed by atoms with Gasteiger partial charge < -0.3 is 38.8 Å². The number of rotatable bonds is 18. The normalized spacial score (nSPS) is 12.6. The summed E-state index contributed by atoms with van der Waals surface area (Å²) in [7, 11) is 7.36. The molecule has 0 atom stereocenters. The summed E-state index contributed by atoms with van der Waals surface area (Å²) in [4.78, 5) is 87.3. The second-order valence-corrected chi connectivity index (χ2v) is 34.4. The van der Waals surface area contributed by atoms with E-state index in [0.29, 0.717) is 143 Å². The maximum atomic E-state index is 11.3. The van der Waals surface area contributed by atoms with Gasteiger partial charge in [0.1, 0.15) is 61.6 Å². The fourth-order valence-electron chi connectivity index (χ4n) is 10.8. The summed E-state index contributed by atoms with van der Waals surface area (Å²) in [5.41, 5.74) is 10.5. The van der Waals surface area contributed by atoms with Crippen LogP contribution in [0, 0.1) is 11.1 Å². The van der Waals surface area contributed by atoms with Gasteiger partial charge in [-0.15, -0.1) is 23.2 Å². The van der Waals surface area contributed by atoms with Crippen molar-refractivity contribution in [2.24, 2.45) is 17.0 Å². The van der Waals surface area contributed by atoms with Crippen LogP contribution in [0.2, 0.25) is 70.3 Å². The molecule has 50 heteroatoms. The number of nitrogens with zero attached hydrogens (tertiary/aromatic N) is 12. The highest BCUT2D eigenvalue weighted by Gasteiger charge is 2.37. The monoisotopic (exact) mass is 2160 g/mol. The molecule has 5 aliphatic carbocycles. The Hall–Kier alpha value is -7.06. The van der Waals surface area contributed by atoms with E-state index in [2.05, 4.69) is 96.8 Å². The second-order valence-electron chi connectivity index (χ2n) is 25.7. The molecular weight excluding hydrogens is 2090 g/mol. The van der Waals surface area contributed by atoms with E-state index < -0.39 is 15.1 Å². The van der Waals surface area contributed by atoms with Crippen molar-refractivity contribution >= 4 is 253 Å². The van der Waals surface area contributed by atoms with Gasteiger partial charge in [0.25, 0.3) is 5.91 Å². The van der Waals surface area contributed by atoms with Crippen LogP contribution in [0.5, 0.6) is 0 Å². The third kappa shape index (κ3) is 36.0. The quantitative estimate of drug-likeness (QED) is 0.00535. The van der Waals surface area contributed by atoms with E-state index in [-0.39, 0.29) is 82.8 Å². The molecule has 5 fully saturated rings. The standard InChI is InChI=1S/C13H12Cl2N2O.C12H9Cl3N2O2.C12H9Cl3N2O.C12H10Cl2N2O2.C7H12O.C6H4Cl2N2O2.C6H4Cl2N2O.C6H3Cl2NO.2CO2.3CH4.Cl2OS.H3NO/c1-2-8-12(17-18-13(8)7-3-4-7)11-9(14)5-16-6-10(11)15;13-3-7-11(16-19-12(7)6-1-2-6)10-8(14)4-17(18)5-9(10)15;13-3-7-11(17-18-12(7)6-1-2-6)10-8(14)4-16-5-9(10)15;13-8-3-15-4-9(14)10(8)11-7(5-17)12(18-16-11)6-1-2-6;1-2-3-7(8)6-4-5-6;7-3-1-9-2-4(8)5(3)6(11)10-12;7-5-2-9-3-6(8)4(5)1-10-11;7-5-1-9-2-6(8)4(5)3-10;2*2-1-3;;;;1-4(2)3;1-2/h5-7H,2-4H2,1H3;4-6H,1-3H2;4-6H,1-3H2;3-4,6,17H,1-2,5H2;6H,2-5H2,1H3;1-2,12H,(H,10,11);1-3,11H;1-3H;;;3*1H4;;2H,1H2/b;;;;;;10-1+;;;;;;;;. The first-order chi connectivity index (χ1) is 60.3. The number of hydroxylamine groups is 1. The molecule has 0 unspecified atom stereocenters. The van der Waals surface area contributed by atoms with Gasteiger partial charge in [-0.25, -0.2) is 15.6 Å². The Kier molecular flexibility index (Phi) is 55.8. The number of aliphatic hydroxyl groups excluding tert-OH is 1. The molecule has 0 aliphatic heterocycles. The van der Waals surface area contributed by atoms with Crippen LogP contribution in [0.25, 0.3) is 45.0 Å². The molecule has 0 radical (unpaired) electrons. The van der Waals surface area contributed by atoms with E-state index in [1.165, 1.54) is 106 Å². The number of alkyl halides is 2. The molecule has 7 N–H and O–H groups in total. The van der Waals surface area contributed by atoms with Gasteiger partial charge in [-0.05, 0) is 77.0 Å². The molecule has 5 saturated carbocycles. The molecule has 698 valence electrons. The van der Waals surface area contributed by atoms with E-state index in [0.717, 1.165) is 115 Å². The van der Waals surface area contributed by atoms with Gasteiger partial charge in [0.2, 0.25) is 9.23 Å². The molecule has 11 heterocycles. The summed E-state index contributed by atoms with van der Waals surface area (Å²) in [5.74, 6) is 9.46. The number of Topliss-reactive ketones (excluding diaryl/α,β-unsaturated/α-hetero) is 1. The Morgan fingerprint density at radius 1 is 0.488 bits per heavy atom. The van der Waals surface area contributed by atoms with Crippen LogP contribution in [-0.4, -0.2) is 112 Å². The summed E-state index contributed by atoms with van der Waals surface area (Å²) in [6.45, 7) is 4.00. The van der Waals surface area contributed by atoms with Crippen molar-refractivity contribution in [2.45, 2.75) is 162 Å². The number of aldehydes is 1. The lowest BCUT2D eigenvalue weighted by Crippen LogP contribution is -2.24. The van der Waals surface area contributed by atoms with Crippen molar-refractivity contribution in [3.05, 3.63) is 224 Å². The molecule has 11 aromatic heterocycles. The summed E-state index contributed by atoms with van der Waals surface area (Å²) < 4.78 is 31.2. The maximum Gasteiger partial charge on any atom is 0.373 e. The molecule has 16 rings (SSSR count). The molecule has 0 saturated heterocycles. The topological polar surface area (TPSA) is 476 Å². The zero-order chi connectivity index (χ0) is 93.6. The van der Waals surface area contributed by atoms with E-state index >= 15 is 0 Å². The molecule has 129 heavy (non-hydrogen) atoms. The number of hydrogen-bond acceptors (Lipinski definition) is 29. The predicted octanol–water partition coefficient (Wildman–Crippen LogP) is 25.2. The smallest absolute Gasteiger partial charge is 0.373 e. The zero-order valence-electron chi connectivity index (χ0n) is 64.7. The first-order valence-electron chi connectivity index (χ1n) is 35.9. The Balaban J connectivity index is 0.000000494. The minimum atomic E-state index is -1.67. The van der Waals surface area contributed by atoms with Crippen LogP contribution in [0.4, 0.5) is 0 Å². The Morgan fingerprint density at radius 3 is 1.00 bits per heavy atom. The molecule has 5 aliphatic rings. The third-order valence-electron chi connectivity index (χ3n) is 17.1. The van der Waals surface area contributed by atoms with Crippen molar-refractivity contribution < 1.29 is 81.3 Å². The van der Waals surface area contributed by atoms with Gasteiger partial charge in [0.05, 0.1) is 102 Å². The number of hydrogen-bond donors (Lipinski definition) is 6. The number of nitrogens with one attached hydrogen (secondary N) is 1. The van der Waals surface area contributed by atoms with Gasteiger partial charge in [-0.2, -0.15) is 23.9 Å². The van der Waals surface area contributed by atoms with E-state index in [9.17, 15) is 24.7 Å². The number of aromatic nitrogens is 11. The number of ketones is 1. The van der Waals surface area contributed by atoms with Crippen molar-refractivity contribution in [1.82, 2.24) is 56.0 Å². The summed E-state index contributed by atoms with van der Waals surface area (Å²) in [5, 5.41) is 67.5. The van der Waals surface area contributed by atoms with Gasteiger partial charge in [-0.1, -0.05) is 224 Å². The van der Waals surface area contributed by atoms with Crippen molar-refractivity contribution in [2.75, 3.05) is 0 Å². The van der Waals surface area contributed by atoms with Crippen LogP contribution >= 0.6 is 207 Å². The van der Waals surface area contributed by atoms with Crippen LogP contribution in [-0.2, 0) is 58.0 Å². The van der Waals surface area contributed by atoms with E-state index in [1.807, 2.05) is 0 Å². The number of amides is 1. The SMILES string of the molecule is C.C.C.CCCC(=O)C1CC1.CCc1c(-c2c(Cl)cncc2Cl)noc1C1CC1.ClCc1c(-c2c(Cl)cncc2Cl)noc1C1CC1.NO.O/N=C/c1c(Cl)cncc1Cl.O=C(NO)c1c(Cl)cncc1Cl.O=C=O.O=C=O.O=Cc1c(Cl)cncc1Cl.O=S(Cl)Cl.OCc1c(-c2c(Cl)cncc2Cl)noc1C1CC1.[O-][n+]1cc(Cl)c(-c2noc(C3CC3)c2CCl)c(Cl)c1. The van der Waals surface area contributed by atoms with Crippen LogP contribution in [0.1, 0.15) is 208 Å². The average molecular weight is 2170 g/mol. The summed E-state index contributed by atoms with van der Waals surface area (Å²) >= 11 is 94.5. The van der Waals surface area contributed by atoms with Gasteiger partial charge >= 0.3 is 12.3 Å². The highest BCUT2D eigenvalue weighted by molar-refractivity contribution is 8.26. The van der Waals surface area contributed by atoms with E-state index in [4.69, 9.17) is 243 Å². The minimum absolute atomic E-state index is 0.